The molecule has 0 aromatic rings. The molecule has 460 valence electrons. The van der Waals surface area contributed by atoms with Gasteiger partial charge in [0.25, 0.3) is 5.91 Å². The van der Waals surface area contributed by atoms with Gasteiger partial charge in [-0.2, -0.15) is 0 Å². The second-order valence-corrected chi connectivity index (χ2v) is 25.1. The van der Waals surface area contributed by atoms with E-state index in [1.54, 1.807) is 111 Å². The fourth-order valence-corrected chi connectivity index (χ4v) is 8.68. The molecule has 27 heteroatoms. The van der Waals surface area contributed by atoms with E-state index in [0.717, 1.165) is 13.8 Å². The Morgan fingerprint density at radius 1 is 0.575 bits per heavy atom. The van der Waals surface area contributed by atoms with Crippen molar-refractivity contribution in [3.05, 3.63) is 0 Å². The van der Waals surface area contributed by atoms with Crippen LogP contribution in [0.25, 0.3) is 0 Å². The van der Waals surface area contributed by atoms with E-state index in [1.807, 2.05) is 0 Å². The van der Waals surface area contributed by atoms with Crippen molar-refractivity contribution in [2.24, 2.45) is 0 Å². The first kappa shape index (κ1) is 68.8. The molecule has 3 rings (SSSR count). The summed E-state index contributed by atoms with van der Waals surface area (Å²) in [5.41, 5.74) is -4.71. The standard InChI is InChI=1S/C53H92N6O21/c1-20-33-36(62)35(58-47(68)79-52(13,14)15)40(71-28(3)61)43(73-33)75-38-31(55-41(64)34(70-27(2)60)23-24-54-44(65)76-49(4,5)6)25-32(57-46(67)78-51(10,11)12)39(37(38)63)74-42-30(56-45(66)77-50(7,8)9)22-21-29(72-42)26-59(19)48(69)80-53(16,17)18/h29-40,42-43,62-63H,20-26H2,1-19H3,(H,54,65)(H,55,64)(H,56,66)(H,57,67)(H,58,68)/t29?,30?,31-,32+,33?,34+,35+,36+,37?,38-,39?,40?,42+,43+/m1/s1. The predicted molar refractivity (Wildman–Crippen MR) is 283 cm³/mol. The lowest BCUT2D eigenvalue weighted by atomic mass is 9.83. The van der Waals surface area contributed by atoms with Gasteiger partial charge >= 0.3 is 42.4 Å². The molecule has 0 radical (unpaired) electrons. The molecule has 7 N–H and O–H groups in total. The van der Waals surface area contributed by atoms with Gasteiger partial charge in [-0.05, 0) is 130 Å². The molecule has 3 fully saturated rings. The summed E-state index contributed by atoms with van der Waals surface area (Å²) in [6, 6.07) is -5.29. The summed E-state index contributed by atoms with van der Waals surface area (Å²) in [6.45, 7) is 28.3. The zero-order valence-electron chi connectivity index (χ0n) is 50.1. The Morgan fingerprint density at radius 2 is 1.05 bits per heavy atom. The summed E-state index contributed by atoms with van der Waals surface area (Å²) in [6.07, 6.45) is -19.9. The monoisotopic (exact) mass is 1150 g/mol. The molecule has 14 atom stereocenters. The van der Waals surface area contributed by atoms with Gasteiger partial charge in [-0.3, -0.25) is 14.4 Å². The zero-order valence-corrected chi connectivity index (χ0v) is 50.1. The maximum atomic E-state index is 14.5. The summed E-state index contributed by atoms with van der Waals surface area (Å²) < 4.78 is 65.0. The molecule has 1 saturated carbocycles. The van der Waals surface area contributed by atoms with Gasteiger partial charge in [0.2, 0.25) is 0 Å². The van der Waals surface area contributed by atoms with Crippen molar-refractivity contribution in [2.75, 3.05) is 20.1 Å². The summed E-state index contributed by atoms with van der Waals surface area (Å²) in [7, 11) is 1.51. The maximum Gasteiger partial charge on any atom is 0.410 e. The second-order valence-electron chi connectivity index (χ2n) is 25.1. The number of nitrogens with one attached hydrogen (secondary N) is 5. The third kappa shape index (κ3) is 23.9. The van der Waals surface area contributed by atoms with E-state index in [0.29, 0.717) is 0 Å². The molecule has 0 aromatic carbocycles. The highest BCUT2D eigenvalue weighted by Crippen LogP contribution is 2.35. The topological polar surface area (TPSA) is 342 Å². The number of amides is 6. The van der Waals surface area contributed by atoms with Crippen molar-refractivity contribution in [1.82, 2.24) is 31.5 Å². The molecular formula is C53H92N6O21. The third-order valence-electron chi connectivity index (χ3n) is 11.7. The minimum Gasteiger partial charge on any atom is -0.455 e. The number of hydrogen-bond acceptors (Lipinski definition) is 21. The van der Waals surface area contributed by atoms with E-state index in [1.165, 1.54) is 11.9 Å². The van der Waals surface area contributed by atoms with E-state index < -0.39 is 168 Å². The molecule has 27 nitrogen and oxygen atoms in total. The van der Waals surface area contributed by atoms with Crippen LogP contribution >= 0.6 is 0 Å². The van der Waals surface area contributed by atoms with Crippen LogP contribution in [0.3, 0.4) is 0 Å². The molecule has 0 bridgehead atoms. The van der Waals surface area contributed by atoms with Crippen molar-refractivity contribution in [3.8, 4) is 0 Å². The summed E-state index contributed by atoms with van der Waals surface area (Å²) in [4.78, 5) is 108. The number of likely N-dealkylation sites (N-methyl/N-ethyl adjacent to an activating group) is 1. The van der Waals surface area contributed by atoms with E-state index in [9.17, 15) is 48.6 Å². The smallest absolute Gasteiger partial charge is 0.410 e. The first-order chi connectivity index (χ1) is 36.5. The number of nitrogens with zero attached hydrogens (tertiary/aromatic N) is 1. The highest BCUT2D eigenvalue weighted by Gasteiger charge is 2.55. The third-order valence-corrected chi connectivity index (χ3v) is 11.7. The lowest BCUT2D eigenvalue weighted by Gasteiger charge is -2.50. The van der Waals surface area contributed by atoms with Crippen LogP contribution in [0.4, 0.5) is 24.0 Å². The Hall–Kier alpha value is -5.48. The molecule has 6 unspecified atom stereocenters. The molecule has 80 heavy (non-hydrogen) atoms. The molecule has 2 saturated heterocycles. The quantitative estimate of drug-likeness (QED) is 0.0787. The number of hydrogen-bond donors (Lipinski definition) is 7. The van der Waals surface area contributed by atoms with E-state index >= 15 is 0 Å². The number of aliphatic hydroxyl groups excluding tert-OH is 2. The average Bonchev–Trinajstić information content (AvgIpc) is 3.25. The normalized spacial score (nSPS) is 27.8. The fraction of sp³-hybridized carbons (Fsp3) is 0.849. The number of carbonyl (C=O) groups is 8. The fourth-order valence-electron chi connectivity index (χ4n) is 8.68. The van der Waals surface area contributed by atoms with Crippen molar-refractivity contribution in [2.45, 2.75) is 270 Å². The van der Waals surface area contributed by atoms with Crippen LogP contribution < -0.4 is 26.6 Å². The highest BCUT2D eigenvalue weighted by atomic mass is 16.7. The average molecular weight is 1150 g/mol. The van der Waals surface area contributed by atoms with Crippen molar-refractivity contribution >= 4 is 48.3 Å². The lowest BCUT2D eigenvalue weighted by Crippen LogP contribution is -2.70. The summed E-state index contributed by atoms with van der Waals surface area (Å²) in [5.74, 6) is -2.74. The van der Waals surface area contributed by atoms with E-state index in [4.69, 9.17) is 52.1 Å². The van der Waals surface area contributed by atoms with Gasteiger partial charge in [0.05, 0.1) is 30.3 Å². The molecule has 3 aliphatic rings. The lowest BCUT2D eigenvalue weighted by molar-refractivity contribution is -0.315. The molecule has 2 heterocycles. The van der Waals surface area contributed by atoms with Gasteiger partial charge in [0.15, 0.2) is 24.8 Å². The molecule has 0 aromatic heterocycles. The minimum atomic E-state index is -2.00. The summed E-state index contributed by atoms with van der Waals surface area (Å²) in [5, 5.41) is 38.0. The molecular weight excluding hydrogens is 1060 g/mol. The SMILES string of the molecule is CCC1O[C@@H](O[C@H]2C(O)C(O[C@@H]3OC(CN(C)C(=O)OC(C)(C)C)CCC3NC(=O)OC(C)(C)C)[C@@H](NC(=O)OC(C)(C)C)C[C@H]2NC(=O)[C@H](CCNC(=O)OC(C)(C)C)OC(C)=O)C(OC(C)=O)[C@@H](NC(=O)OC(C)(C)C)[C@H]1O. The van der Waals surface area contributed by atoms with Gasteiger partial charge in [-0.25, -0.2) is 24.0 Å². The Balaban J connectivity index is 2.28. The van der Waals surface area contributed by atoms with Crippen molar-refractivity contribution in [3.63, 3.8) is 0 Å². The van der Waals surface area contributed by atoms with Crippen molar-refractivity contribution in [1.29, 1.82) is 0 Å². The first-order valence-electron chi connectivity index (χ1n) is 27.1. The van der Waals surface area contributed by atoms with Crippen LogP contribution in [0, 0.1) is 0 Å². The Labute approximate surface area is 469 Å². The Bertz CT molecular complexity index is 2110. The van der Waals surface area contributed by atoms with Crippen LogP contribution in [0.1, 0.15) is 157 Å². The molecule has 2 aliphatic heterocycles. The minimum absolute atomic E-state index is 0.0309. The number of aliphatic hydroxyl groups is 2. The van der Waals surface area contributed by atoms with Crippen LogP contribution in [0.2, 0.25) is 0 Å². The van der Waals surface area contributed by atoms with Gasteiger partial charge in [0.1, 0.15) is 58.5 Å². The van der Waals surface area contributed by atoms with Crippen molar-refractivity contribution < 1.29 is 101 Å². The molecule has 6 amide bonds. The number of rotatable bonds is 17. The van der Waals surface area contributed by atoms with Gasteiger partial charge in [-0.15, -0.1) is 0 Å². The molecule has 1 aliphatic carbocycles. The largest absolute Gasteiger partial charge is 0.455 e. The molecule has 0 spiro atoms. The summed E-state index contributed by atoms with van der Waals surface area (Å²) >= 11 is 0. The van der Waals surface area contributed by atoms with E-state index in [-0.39, 0.29) is 38.8 Å². The van der Waals surface area contributed by atoms with Crippen LogP contribution in [-0.2, 0) is 66.5 Å². The van der Waals surface area contributed by atoms with Gasteiger partial charge in [0, 0.05) is 40.4 Å². The van der Waals surface area contributed by atoms with Crippen LogP contribution in [-0.4, -0.2) is 197 Å². The van der Waals surface area contributed by atoms with Crippen LogP contribution in [0.5, 0.6) is 0 Å². The van der Waals surface area contributed by atoms with Gasteiger partial charge < -0.3 is 93.8 Å². The first-order valence-corrected chi connectivity index (χ1v) is 27.1. The van der Waals surface area contributed by atoms with Crippen LogP contribution in [0.15, 0.2) is 0 Å². The zero-order chi connectivity index (χ0) is 61.0. The van der Waals surface area contributed by atoms with E-state index in [2.05, 4.69) is 26.6 Å². The predicted octanol–water partition coefficient (Wildman–Crippen LogP) is 4.33. The number of ether oxygens (including phenoxy) is 11. The Morgan fingerprint density at radius 3 is 1.54 bits per heavy atom. The Kier molecular flexibility index (Phi) is 24.5. The number of alkyl carbamates (subject to hydrolysis) is 4. The number of carbonyl (C=O) groups excluding carboxylic acids is 8. The van der Waals surface area contributed by atoms with Gasteiger partial charge in [-0.1, -0.05) is 6.92 Å². The number of esters is 2. The highest BCUT2D eigenvalue weighted by molar-refractivity contribution is 5.84. The maximum absolute atomic E-state index is 14.5. The second kappa shape index (κ2) is 28.5.